The zero-order chi connectivity index (χ0) is 16.7. The standard InChI is InChI=1S/C17H22N2O4/c1-2-23-13-7-5-12(6-8-13)15(20)9-10-16(21)19-14-4-3-11-18-17(14)22/h5-8,14H,2-4,9-11H2,1H3,(H,18,22)(H,19,21)/t14-/m0/s1. The van der Waals surface area contributed by atoms with E-state index in [-0.39, 0.29) is 30.4 Å². The second-order valence-corrected chi connectivity index (χ2v) is 5.43. The molecule has 0 radical (unpaired) electrons. The van der Waals surface area contributed by atoms with Gasteiger partial charge in [0.1, 0.15) is 11.8 Å². The number of carbonyl (C=O) groups excluding carboxylic acids is 3. The van der Waals surface area contributed by atoms with Gasteiger partial charge in [-0.15, -0.1) is 0 Å². The smallest absolute Gasteiger partial charge is 0.242 e. The van der Waals surface area contributed by atoms with Gasteiger partial charge in [0.25, 0.3) is 0 Å². The van der Waals surface area contributed by atoms with Crippen LogP contribution in [0, 0.1) is 0 Å². The van der Waals surface area contributed by atoms with Crippen molar-refractivity contribution in [2.75, 3.05) is 13.2 Å². The van der Waals surface area contributed by atoms with Gasteiger partial charge in [-0.3, -0.25) is 14.4 Å². The summed E-state index contributed by atoms with van der Waals surface area (Å²) in [5.74, 6) is 0.190. The van der Waals surface area contributed by atoms with E-state index in [1.807, 2.05) is 6.92 Å². The molecular weight excluding hydrogens is 296 g/mol. The summed E-state index contributed by atoms with van der Waals surface area (Å²) in [5, 5.41) is 5.39. The summed E-state index contributed by atoms with van der Waals surface area (Å²) in [6.07, 6.45) is 1.69. The number of carbonyl (C=O) groups is 3. The highest BCUT2D eigenvalue weighted by molar-refractivity contribution is 5.98. The number of hydrogen-bond acceptors (Lipinski definition) is 4. The van der Waals surface area contributed by atoms with Crippen LogP contribution in [0.5, 0.6) is 5.75 Å². The van der Waals surface area contributed by atoms with Crippen LogP contribution >= 0.6 is 0 Å². The van der Waals surface area contributed by atoms with E-state index >= 15 is 0 Å². The number of ketones is 1. The van der Waals surface area contributed by atoms with Crippen LogP contribution in [0.4, 0.5) is 0 Å². The molecule has 1 aromatic carbocycles. The fourth-order valence-electron chi connectivity index (χ4n) is 2.45. The summed E-state index contributed by atoms with van der Waals surface area (Å²) in [5.41, 5.74) is 0.552. The Bertz CT molecular complexity index is 568. The number of hydrogen-bond donors (Lipinski definition) is 2. The number of piperidine rings is 1. The molecule has 1 heterocycles. The highest BCUT2D eigenvalue weighted by atomic mass is 16.5. The molecule has 0 saturated carbocycles. The highest BCUT2D eigenvalue weighted by Crippen LogP contribution is 2.14. The Morgan fingerprint density at radius 2 is 2.00 bits per heavy atom. The van der Waals surface area contributed by atoms with E-state index in [2.05, 4.69) is 10.6 Å². The molecular formula is C17H22N2O4. The predicted octanol–water partition coefficient (Wildman–Crippen LogP) is 1.44. The Hall–Kier alpha value is -2.37. The Morgan fingerprint density at radius 3 is 2.65 bits per heavy atom. The van der Waals surface area contributed by atoms with Gasteiger partial charge in [-0.1, -0.05) is 0 Å². The number of amides is 2. The minimum absolute atomic E-state index is 0.0792. The van der Waals surface area contributed by atoms with Crippen LogP contribution in [0.3, 0.4) is 0 Å². The molecule has 0 aliphatic carbocycles. The Balaban J connectivity index is 1.79. The summed E-state index contributed by atoms with van der Waals surface area (Å²) in [6.45, 7) is 3.12. The van der Waals surface area contributed by atoms with E-state index in [9.17, 15) is 14.4 Å². The number of nitrogens with one attached hydrogen (secondary N) is 2. The average molecular weight is 318 g/mol. The first-order valence-corrected chi connectivity index (χ1v) is 7.93. The Labute approximate surface area is 135 Å². The number of benzene rings is 1. The summed E-state index contributed by atoms with van der Waals surface area (Å²) < 4.78 is 5.32. The molecule has 0 bridgehead atoms. The fraction of sp³-hybridized carbons (Fsp3) is 0.471. The molecule has 124 valence electrons. The molecule has 2 amide bonds. The van der Waals surface area contributed by atoms with Crippen molar-refractivity contribution >= 4 is 17.6 Å². The number of ether oxygens (including phenoxy) is 1. The van der Waals surface area contributed by atoms with Gasteiger partial charge < -0.3 is 15.4 Å². The lowest BCUT2D eigenvalue weighted by Crippen LogP contribution is -2.50. The largest absolute Gasteiger partial charge is 0.494 e. The van der Waals surface area contributed by atoms with Gasteiger partial charge in [-0.25, -0.2) is 0 Å². The molecule has 1 aromatic rings. The third-order valence-electron chi connectivity index (χ3n) is 3.69. The molecule has 0 unspecified atom stereocenters. The molecule has 1 aliphatic rings. The topological polar surface area (TPSA) is 84.5 Å². The minimum Gasteiger partial charge on any atom is -0.494 e. The first-order chi connectivity index (χ1) is 11.1. The number of Topliss-reactive ketones (excluding diaryl/α,β-unsaturated/α-hetero) is 1. The Kier molecular flexibility index (Phi) is 6.14. The molecule has 1 saturated heterocycles. The van der Waals surface area contributed by atoms with Crippen molar-refractivity contribution < 1.29 is 19.1 Å². The second kappa shape index (κ2) is 8.31. The lowest BCUT2D eigenvalue weighted by molar-refractivity contribution is -0.130. The molecule has 1 atom stereocenters. The molecule has 23 heavy (non-hydrogen) atoms. The average Bonchev–Trinajstić information content (AvgIpc) is 2.56. The third kappa shape index (κ3) is 5.09. The molecule has 1 aliphatic heterocycles. The molecule has 0 aromatic heterocycles. The zero-order valence-electron chi connectivity index (χ0n) is 13.3. The summed E-state index contributed by atoms with van der Waals surface area (Å²) in [4.78, 5) is 35.5. The monoisotopic (exact) mass is 318 g/mol. The fourth-order valence-corrected chi connectivity index (χ4v) is 2.45. The molecule has 1 fully saturated rings. The van der Waals surface area contributed by atoms with Gasteiger partial charge >= 0.3 is 0 Å². The van der Waals surface area contributed by atoms with Crippen molar-refractivity contribution in [3.63, 3.8) is 0 Å². The summed E-state index contributed by atoms with van der Waals surface area (Å²) >= 11 is 0. The van der Waals surface area contributed by atoms with Gasteiger partial charge in [0.15, 0.2) is 5.78 Å². The SMILES string of the molecule is CCOc1ccc(C(=O)CCC(=O)N[C@H]2CCCNC2=O)cc1. The first kappa shape index (κ1) is 17.0. The van der Waals surface area contributed by atoms with Crippen LogP contribution in [-0.2, 0) is 9.59 Å². The van der Waals surface area contributed by atoms with Crippen LogP contribution in [0.2, 0.25) is 0 Å². The highest BCUT2D eigenvalue weighted by Gasteiger charge is 2.23. The van der Waals surface area contributed by atoms with Crippen molar-refractivity contribution in [3.05, 3.63) is 29.8 Å². The van der Waals surface area contributed by atoms with Gasteiger partial charge in [0.2, 0.25) is 11.8 Å². The van der Waals surface area contributed by atoms with Crippen LogP contribution < -0.4 is 15.4 Å². The van der Waals surface area contributed by atoms with Gasteiger partial charge in [0, 0.05) is 24.9 Å². The van der Waals surface area contributed by atoms with Crippen molar-refractivity contribution in [2.45, 2.75) is 38.6 Å². The maximum atomic E-state index is 12.1. The van der Waals surface area contributed by atoms with Gasteiger partial charge in [-0.05, 0) is 44.0 Å². The zero-order valence-corrected chi connectivity index (χ0v) is 13.3. The number of rotatable bonds is 7. The molecule has 0 spiro atoms. The molecule has 2 N–H and O–H groups in total. The van der Waals surface area contributed by atoms with E-state index in [1.165, 1.54) is 0 Å². The summed E-state index contributed by atoms with van der Waals surface area (Å²) in [6, 6.07) is 6.39. The predicted molar refractivity (Wildman–Crippen MR) is 85.3 cm³/mol. The van der Waals surface area contributed by atoms with Gasteiger partial charge in [0.05, 0.1) is 6.61 Å². The maximum absolute atomic E-state index is 12.1. The molecule has 2 rings (SSSR count). The Morgan fingerprint density at radius 1 is 1.26 bits per heavy atom. The quantitative estimate of drug-likeness (QED) is 0.745. The van der Waals surface area contributed by atoms with E-state index in [0.29, 0.717) is 30.9 Å². The summed E-state index contributed by atoms with van der Waals surface area (Å²) in [7, 11) is 0. The molecule has 6 nitrogen and oxygen atoms in total. The van der Waals surface area contributed by atoms with Crippen LogP contribution in [0.15, 0.2) is 24.3 Å². The maximum Gasteiger partial charge on any atom is 0.242 e. The van der Waals surface area contributed by atoms with E-state index < -0.39 is 6.04 Å². The first-order valence-electron chi connectivity index (χ1n) is 7.93. The van der Waals surface area contributed by atoms with Gasteiger partial charge in [-0.2, -0.15) is 0 Å². The van der Waals surface area contributed by atoms with Crippen molar-refractivity contribution in [3.8, 4) is 5.75 Å². The molecule has 6 heteroatoms. The van der Waals surface area contributed by atoms with Crippen LogP contribution in [-0.4, -0.2) is 36.8 Å². The minimum atomic E-state index is -0.475. The van der Waals surface area contributed by atoms with Crippen molar-refractivity contribution in [1.82, 2.24) is 10.6 Å². The van der Waals surface area contributed by atoms with E-state index in [0.717, 1.165) is 6.42 Å². The van der Waals surface area contributed by atoms with E-state index in [1.54, 1.807) is 24.3 Å². The van der Waals surface area contributed by atoms with Crippen molar-refractivity contribution in [1.29, 1.82) is 0 Å². The van der Waals surface area contributed by atoms with E-state index in [4.69, 9.17) is 4.74 Å². The lowest BCUT2D eigenvalue weighted by Gasteiger charge is -2.22. The van der Waals surface area contributed by atoms with Crippen LogP contribution in [0.25, 0.3) is 0 Å². The second-order valence-electron chi connectivity index (χ2n) is 5.43. The third-order valence-corrected chi connectivity index (χ3v) is 3.69. The van der Waals surface area contributed by atoms with Crippen LogP contribution in [0.1, 0.15) is 43.0 Å². The van der Waals surface area contributed by atoms with Crippen molar-refractivity contribution in [2.24, 2.45) is 0 Å². The normalized spacial score (nSPS) is 17.3. The lowest BCUT2D eigenvalue weighted by atomic mass is 10.0.